The number of pyridine rings is 1. The number of ether oxygens (including phenoxy) is 3. The zero-order chi connectivity index (χ0) is 23.1. The number of benzene rings is 2. The molecule has 170 valence electrons. The Balaban J connectivity index is 1.72. The van der Waals surface area contributed by atoms with Crippen LogP contribution >= 0.6 is 0 Å². The van der Waals surface area contributed by atoms with Crippen molar-refractivity contribution in [1.29, 1.82) is 0 Å². The molecule has 1 aromatic heterocycles. The molecule has 0 radical (unpaired) electrons. The number of rotatable bonds is 9. The van der Waals surface area contributed by atoms with Crippen LogP contribution in [0.4, 0.5) is 13.2 Å². The van der Waals surface area contributed by atoms with E-state index in [4.69, 9.17) is 9.47 Å². The summed E-state index contributed by atoms with van der Waals surface area (Å²) in [6.07, 6.45) is -2.94. The van der Waals surface area contributed by atoms with Gasteiger partial charge in [-0.1, -0.05) is 18.2 Å². The van der Waals surface area contributed by atoms with E-state index in [-0.39, 0.29) is 11.9 Å². The van der Waals surface area contributed by atoms with Crippen molar-refractivity contribution in [1.82, 2.24) is 10.3 Å². The minimum atomic E-state index is -4.41. The first-order chi connectivity index (χ1) is 15.3. The molecular formula is C24H25F3N2O3. The summed E-state index contributed by atoms with van der Waals surface area (Å²) in [5.74, 6) is 1.35. The molecule has 1 N–H and O–H groups in total. The maximum Gasteiger partial charge on any atom is 0.422 e. The fourth-order valence-electron chi connectivity index (χ4n) is 3.17. The Morgan fingerprint density at radius 3 is 2.47 bits per heavy atom. The highest BCUT2D eigenvalue weighted by Gasteiger charge is 2.28. The molecule has 8 heteroatoms. The van der Waals surface area contributed by atoms with Crippen LogP contribution < -0.4 is 19.5 Å². The third kappa shape index (κ3) is 6.37. The van der Waals surface area contributed by atoms with E-state index in [0.717, 1.165) is 22.4 Å². The zero-order valence-corrected chi connectivity index (χ0v) is 18.1. The van der Waals surface area contributed by atoms with E-state index in [1.807, 2.05) is 42.5 Å². The summed E-state index contributed by atoms with van der Waals surface area (Å²) < 4.78 is 52.4. The van der Waals surface area contributed by atoms with Crippen LogP contribution in [-0.2, 0) is 6.54 Å². The van der Waals surface area contributed by atoms with Gasteiger partial charge in [-0.05, 0) is 48.4 Å². The molecule has 1 heterocycles. The van der Waals surface area contributed by atoms with Crippen LogP contribution in [0.2, 0.25) is 0 Å². The quantitative estimate of drug-likeness (QED) is 0.467. The molecule has 0 spiro atoms. The SMILES string of the molecule is COc1cccc([C@@H](C)NCc2ccc(OC)c(-c3ccc(OCC(F)(F)F)nc3)c2)c1. The molecule has 0 saturated heterocycles. The average Bonchev–Trinajstić information content (AvgIpc) is 2.81. The molecule has 3 rings (SSSR count). The van der Waals surface area contributed by atoms with Gasteiger partial charge in [0.1, 0.15) is 11.5 Å². The second-order valence-corrected chi connectivity index (χ2v) is 7.20. The van der Waals surface area contributed by atoms with E-state index in [0.29, 0.717) is 17.9 Å². The molecule has 0 aliphatic carbocycles. The van der Waals surface area contributed by atoms with Gasteiger partial charge < -0.3 is 19.5 Å². The molecule has 5 nitrogen and oxygen atoms in total. The van der Waals surface area contributed by atoms with Gasteiger partial charge in [0, 0.05) is 36.0 Å². The Bertz CT molecular complexity index is 1020. The first kappa shape index (κ1) is 23.4. The highest BCUT2D eigenvalue weighted by Crippen LogP contribution is 2.31. The lowest BCUT2D eigenvalue weighted by atomic mass is 10.0. The summed E-state index contributed by atoms with van der Waals surface area (Å²) >= 11 is 0. The standard InChI is InChI=1S/C24H25F3N2O3/c1-16(18-5-4-6-20(12-18)30-2)28-13-17-7-9-22(31-3)21(11-17)19-8-10-23(29-14-19)32-15-24(25,26)27/h4-12,14,16,28H,13,15H2,1-3H3/t16-/m1/s1. The minimum absolute atomic E-state index is 0.0880. The molecule has 0 bridgehead atoms. The predicted octanol–water partition coefficient (Wildman–Crippen LogP) is 5.56. The van der Waals surface area contributed by atoms with E-state index >= 15 is 0 Å². The third-order valence-electron chi connectivity index (χ3n) is 4.90. The lowest BCUT2D eigenvalue weighted by Gasteiger charge is -2.16. The van der Waals surface area contributed by atoms with Gasteiger partial charge in [0.15, 0.2) is 6.61 Å². The number of hydrogen-bond acceptors (Lipinski definition) is 5. The Hall–Kier alpha value is -3.26. The second kappa shape index (κ2) is 10.4. The predicted molar refractivity (Wildman–Crippen MR) is 116 cm³/mol. The summed E-state index contributed by atoms with van der Waals surface area (Å²) in [6, 6.07) is 16.8. The van der Waals surface area contributed by atoms with Gasteiger partial charge in [-0.3, -0.25) is 0 Å². The molecule has 0 aliphatic heterocycles. The van der Waals surface area contributed by atoms with Crippen LogP contribution in [0, 0.1) is 0 Å². The number of aromatic nitrogens is 1. The smallest absolute Gasteiger partial charge is 0.422 e. The fourth-order valence-corrected chi connectivity index (χ4v) is 3.17. The number of nitrogens with one attached hydrogen (secondary N) is 1. The lowest BCUT2D eigenvalue weighted by Crippen LogP contribution is -2.19. The van der Waals surface area contributed by atoms with Gasteiger partial charge in [0.2, 0.25) is 5.88 Å². The molecule has 32 heavy (non-hydrogen) atoms. The Labute approximate surface area is 185 Å². The van der Waals surface area contributed by atoms with E-state index < -0.39 is 12.8 Å². The Kier molecular flexibility index (Phi) is 7.58. The average molecular weight is 446 g/mol. The van der Waals surface area contributed by atoms with E-state index in [9.17, 15) is 13.2 Å². The fraction of sp³-hybridized carbons (Fsp3) is 0.292. The summed E-state index contributed by atoms with van der Waals surface area (Å²) in [5.41, 5.74) is 3.63. The highest BCUT2D eigenvalue weighted by molar-refractivity contribution is 5.70. The molecular weight excluding hydrogens is 421 g/mol. The van der Waals surface area contributed by atoms with Crippen molar-refractivity contribution in [3.63, 3.8) is 0 Å². The number of methoxy groups -OCH3 is 2. The van der Waals surface area contributed by atoms with Crippen molar-refractivity contribution < 1.29 is 27.4 Å². The first-order valence-corrected chi connectivity index (χ1v) is 9.99. The van der Waals surface area contributed by atoms with Crippen LogP contribution in [0.15, 0.2) is 60.8 Å². The first-order valence-electron chi connectivity index (χ1n) is 9.99. The molecule has 0 aliphatic rings. The van der Waals surface area contributed by atoms with Crippen LogP contribution in [-0.4, -0.2) is 32.0 Å². The van der Waals surface area contributed by atoms with Gasteiger partial charge in [-0.25, -0.2) is 4.98 Å². The van der Waals surface area contributed by atoms with Gasteiger partial charge >= 0.3 is 6.18 Å². The maximum atomic E-state index is 12.3. The van der Waals surface area contributed by atoms with Gasteiger partial charge in [0.05, 0.1) is 14.2 Å². The Morgan fingerprint density at radius 1 is 1.00 bits per heavy atom. The van der Waals surface area contributed by atoms with Crippen LogP contribution in [0.1, 0.15) is 24.1 Å². The molecule has 0 fully saturated rings. The normalized spacial score (nSPS) is 12.3. The molecule has 3 aromatic rings. The second-order valence-electron chi connectivity index (χ2n) is 7.20. The lowest BCUT2D eigenvalue weighted by molar-refractivity contribution is -0.154. The molecule has 0 unspecified atom stereocenters. The van der Waals surface area contributed by atoms with Crippen molar-refractivity contribution in [2.75, 3.05) is 20.8 Å². The molecule has 1 atom stereocenters. The van der Waals surface area contributed by atoms with Crippen molar-refractivity contribution in [3.8, 4) is 28.5 Å². The summed E-state index contributed by atoms with van der Waals surface area (Å²) in [5, 5.41) is 3.48. The largest absolute Gasteiger partial charge is 0.497 e. The summed E-state index contributed by atoms with van der Waals surface area (Å²) in [7, 11) is 3.20. The summed E-state index contributed by atoms with van der Waals surface area (Å²) in [6.45, 7) is 1.30. The Morgan fingerprint density at radius 2 is 1.81 bits per heavy atom. The number of halogens is 3. The molecule has 0 amide bonds. The van der Waals surface area contributed by atoms with E-state index in [2.05, 4.69) is 22.0 Å². The monoisotopic (exact) mass is 446 g/mol. The number of hydrogen-bond donors (Lipinski definition) is 1. The van der Waals surface area contributed by atoms with Gasteiger partial charge in [-0.15, -0.1) is 0 Å². The van der Waals surface area contributed by atoms with Crippen LogP contribution in [0.25, 0.3) is 11.1 Å². The van der Waals surface area contributed by atoms with Crippen molar-refractivity contribution in [2.24, 2.45) is 0 Å². The van der Waals surface area contributed by atoms with Crippen molar-refractivity contribution in [2.45, 2.75) is 25.7 Å². The topological polar surface area (TPSA) is 52.6 Å². The highest BCUT2D eigenvalue weighted by atomic mass is 19.4. The zero-order valence-electron chi connectivity index (χ0n) is 18.1. The number of nitrogens with zero attached hydrogens (tertiary/aromatic N) is 1. The number of alkyl halides is 3. The third-order valence-corrected chi connectivity index (χ3v) is 4.90. The minimum Gasteiger partial charge on any atom is -0.497 e. The summed E-state index contributed by atoms with van der Waals surface area (Å²) in [4.78, 5) is 3.99. The van der Waals surface area contributed by atoms with Gasteiger partial charge in [0.25, 0.3) is 0 Å². The maximum absolute atomic E-state index is 12.3. The molecule has 2 aromatic carbocycles. The van der Waals surface area contributed by atoms with E-state index in [1.165, 1.54) is 12.3 Å². The van der Waals surface area contributed by atoms with Gasteiger partial charge in [-0.2, -0.15) is 13.2 Å². The van der Waals surface area contributed by atoms with Crippen molar-refractivity contribution >= 4 is 0 Å². The van der Waals surface area contributed by atoms with Crippen molar-refractivity contribution in [3.05, 3.63) is 71.9 Å². The van der Waals surface area contributed by atoms with E-state index in [1.54, 1.807) is 20.3 Å². The van der Waals surface area contributed by atoms with Crippen LogP contribution in [0.5, 0.6) is 17.4 Å². The molecule has 0 saturated carbocycles. The van der Waals surface area contributed by atoms with Crippen LogP contribution in [0.3, 0.4) is 0 Å².